The molecule has 1 aromatic carbocycles. The molecule has 4 heteroatoms. The van der Waals surface area contributed by atoms with Crippen LogP contribution in [0.25, 0.3) is 0 Å². The van der Waals surface area contributed by atoms with Gasteiger partial charge in [0.25, 0.3) is 0 Å². The standard InChI is InChI=1S/C18H27NO2S/c1-4-15(3)18(16-8-6-5-7-9-16)19-22(20,21)17-12-10-14(2)11-13-17/h4,10-13,16,18-19H,5-9H2,1-3H3/b15-4+/t18-/m0/s1. The van der Waals surface area contributed by atoms with E-state index in [1.807, 2.05) is 39.0 Å². The number of sulfonamides is 1. The van der Waals surface area contributed by atoms with Crippen LogP contribution in [0.15, 0.2) is 40.8 Å². The summed E-state index contributed by atoms with van der Waals surface area (Å²) in [7, 11) is -3.47. The zero-order valence-corrected chi connectivity index (χ0v) is 14.6. The van der Waals surface area contributed by atoms with Gasteiger partial charge in [-0.2, -0.15) is 0 Å². The molecule has 1 N–H and O–H groups in total. The van der Waals surface area contributed by atoms with Crippen molar-refractivity contribution in [1.29, 1.82) is 0 Å². The SMILES string of the molecule is C/C=C(\C)[C@H](NS(=O)(=O)c1ccc(C)cc1)C1CCCCC1. The van der Waals surface area contributed by atoms with Gasteiger partial charge >= 0.3 is 0 Å². The first kappa shape index (κ1) is 17.2. The molecule has 1 atom stereocenters. The molecule has 0 aromatic heterocycles. The summed E-state index contributed by atoms with van der Waals surface area (Å²) in [4.78, 5) is 0.350. The lowest BCUT2D eigenvalue weighted by molar-refractivity contribution is 0.312. The first-order valence-electron chi connectivity index (χ1n) is 8.16. The highest BCUT2D eigenvalue weighted by Gasteiger charge is 2.29. The van der Waals surface area contributed by atoms with Gasteiger partial charge in [-0.15, -0.1) is 0 Å². The molecular formula is C18H27NO2S. The van der Waals surface area contributed by atoms with Crippen LogP contribution in [0, 0.1) is 12.8 Å². The fourth-order valence-electron chi connectivity index (χ4n) is 3.16. The molecule has 1 aromatic rings. The molecule has 0 amide bonds. The van der Waals surface area contributed by atoms with Gasteiger partial charge in [0.2, 0.25) is 10.0 Å². The summed E-state index contributed by atoms with van der Waals surface area (Å²) < 4.78 is 28.3. The fraction of sp³-hybridized carbons (Fsp3) is 0.556. The highest BCUT2D eigenvalue weighted by molar-refractivity contribution is 7.89. The Bertz CT molecular complexity index is 611. The van der Waals surface area contributed by atoms with Gasteiger partial charge in [-0.05, 0) is 51.7 Å². The van der Waals surface area contributed by atoms with Gasteiger partial charge in [0.05, 0.1) is 4.90 Å². The summed E-state index contributed by atoms with van der Waals surface area (Å²) in [6.45, 7) is 5.96. The van der Waals surface area contributed by atoms with Crippen molar-refractivity contribution in [3.8, 4) is 0 Å². The minimum atomic E-state index is -3.47. The average Bonchev–Trinajstić information content (AvgIpc) is 2.53. The normalized spacial score (nSPS) is 19.1. The second-order valence-corrected chi connectivity index (χ2v) is 8.06. The van der Waals surface area contributed by atoms with E-state index in [2.05, 4.69) is 4.72 Å². The maximum Gasteiger partial charge on any atom is 0.241 e. The summed E-state index contributed by atoms with van der Waals surface area (Å²) in [5.74, 6) is 0.408. The van der Waals surface area contributed by atoms with Gasteiger partial charge in [-0.3, -0.25) is 0 Å². The summed E-state index contributed by atoms with van der Waals surface area (Å²) in [5, 5.41) is 0. The largest absolute Gasteiger partial charge is 0.241 e. The predicted octanol–water partition coefficient (Wildman–Crippen LogP) is 4.19. The van der Waals surface area contributed by atoms with Gasteiger partial charge in [0, 0.05) is 6.04 Å². The van der Waals surface area contributed by atoms with E-state index in [9.17, 15) is 8.42 Å². The zero-order chi connectivity index (χ0) is 16.2. The van der Waals surface area contributed by atoms with Crippen LogP contribution in [0.4, 0.5) is 0 Å². The van der Waals surface area contributed by atoms with E-state index in [0.717, 1.165) is 24.0 Å². The Labute approximate surface area is 134 Å². The minimum Gasteiger partial charge on any atom is -0.207 e. The van der Waals surface area contributed by atoms with Crippen molar-refractivity contribution in [1.82, 2.24) is 4.72 Å². The van der Waals surface area contributed by atoms with Crippen LogP contribution in [0.1, 0.15) is 51.5 Å². The first-order valence-corrected chi connectivity index (χ1v) is 9.64. The zero-order valence-electron chi connectivity index (χ0n) is 13.8. The van der Waals surface area contributed by atoms with Crippen molar-refractivity contribution in [3.63, 3.8) is 0 Å². The molecule has 1 aliphatic carbocycles. The molecule has 0 bridgehead atoms. The summed E-state index contributed by atoms with van der Waals surface area (Å²) in [6, 6.07) is 6.96. The lowest BCUT2D eigenvalue weighted by Crippen LogP contribution is -2.41. The minimum absolute atomic E-state index is 0.0865. The molecule has 0 spiro atoms. The van der Waals surface area contributed by atoms with E-state index >= 15 is 0 Å². The van der Waals surface area contributed by atoms with Crippen molar-refractivity contribution >= 4 is 10.0 Å². The van der Waals surface area contributed by atoms with Crippen molar-refractivity contribution < 1.29 is 8.42 Å². The fourth-order valence-corrected chi connectivity index (χ4v) is 4.50. The molecule has 0 aliphatic heterocycles. The smallest absolute Gasteiger partial charge is 0.207 e. The molecule has 0 radical (unpaired) electrons. The van der Waals surface area contributed by atoms with Crippen molar-refractivity contribution in [2.75, 3.05) is 0 Å². The van der Waals surface area contributed by atoms with Crippen molar-refractivity contribution in [3.05, 3.63) is 41.5 Å². The lowest BCUT2D eigenvalue weighted by Gasteiger charge is -2.31. The van der Waals surface area contributed by atoms with E-state index in [0.29, 0.717) is 10.8 Å². The van der Waals surface area contributed by atoms with Gasteiger partial charge in [0.15, 0.2) is 0 Å². The summed E-state index contributed by atoms with van der Waals surface area (Å²) >= 11 is 0. The number of rotatable bonds is 5. The third-order valence-electron chi connectivity index (χ3n) is 4.68. The number of nitrogens with one attached hydrogen (secondary N) is 1. The van der Waals surface area contributed by atoms with Crippen LogP contribution in [-0.4, -0.2) is 14.5 Å². The Balaban J connectivity index is 2.23. The third kappa shape index (κ3) is 4.20. The Morgan fingerprint density at radius 3 is 2.32 bits per heavy atom. The highest BCUT2D eigenvalue weighted by Crippen LogP contribution is 2.30. The maximum absolute atomic E-state index is 12.7. The van der Waals surface area contributed by atoms with Gasteiger partial charge in [-0.25, -0.2) is 13.1 Å². The molecule has 2 rings (SSSR count). The maximum atomic E-state index is 12.7. The number of hydrogen-bond donors (Lipinski definition) is 1. The van der Waals surface area contributed by atoms with Gasteiger partial charge in [-0.1, -0.05) is 48.6 Å². The Morgan fingerprint density at radius 2 is 1.77 bits per heavy atom. The topological polar surface area (TPSA) is 46.2 Å². The molecule has 0 heterocycles. The lowest BCUT2D eigenvalue weighted by atomic mass is 9.82. The monoisotopic (exact) mass is 321 g/mol. The van der Waals surface area contributed by atoms with E-state index in [4.69, 9.17) is 0 Å². The second kappa shape index (κ2) is 7.42. The predicted molar refractivity (Wildman–Crippen MR) is 91.3 cm³/mol. The molecule has 1 fully saturated rings. The Hall–Kier alpha value is -1.13. The van der Waals surface area contributed by atoms with Crippen LogP contribution in [0.3, 0.4) is 0 Å². The van der Waals surface area contributed by atoms with Crippen LogP contribution in [0.5, 0.6) is 0 Å². The van der Waals surface area contributed by atoms with E-state index in [1.54, 1.807) is 12.1 Å². The van der Waals surface area contributed by atoms with Crippen molar-refractivity contribution in [2.24, 2.45) is 5.92 Å². The second-order valence-electron chi connectivity index (χ2n) is 6.34. The first-order chi connectivity index (χ1) is 10.4. The average molecular weight is 321 g/mol. The number of benzene rings is 1. The Kier molecular flexibility index (Phi) is 5.81. The molecular weight excluding hydrogens is 294 g/mol. The van der Waals surface area contributed by atoms with Crippen LogP contribution < -0.4 is 4.72 Å². The van der Waals surface area contributed by atoms with Crippen LogP contribution in [0.2, 0.25) is 0 Å². The molecule has 22 heavy (non-hydrogen) atoms. The van der Waals surface area contributed by atoms with E-state index in [1.165, 1.54) is 19.3 Å². The highest BCUT2D eigenvalue weighted by atomic mass is 32.2. The van der Waals surface area contributed by atoms with E-state index in [-0.39, 0.29) is 6.04 Å². The number of allylic oxidation sites excluding steroid dienone is 1. The Morgan fingerprint density at radius 1 is 1.18 bits per heavy atom. The van der Waals surface area contributed by atoms with Crippen LogP contribution in [-0.2, 0) is 10.0 Å². The molecule has 0 saturated heterocycles. The van der Waals surface area contributed by atoms with Gasteiger partial charge < -0.3 is 0 Å². The quantitative estimate of drug-likeness (QED) is 0.827. The molecule has 3 nitrogen and oxygen atoms in total. The van der Waals surface area contributed by atoms with Crippen molar-refractivity contribution in [2.45, 2.75) is 63.8 Å². The van der Waals surface area contributed by atoms with Gasteiger partial charge in [0.1, 0.15) is 0 Å². The van der Waals surface area contributed by atoms with E-state index < -0.39 is 10.0 Å². The molecule has 1 saturated carbocycles. The molecule has 122 valence electrons. The number of aryl methyl sites for hydroxylation is 1. The summed E-state index contributed by atoms with van der Waals surface area (Å²) in [5.41, 5.74) is 2.18. The molecule has 0 unspecified atom stereocenters. The number of hydrogen-bond acceptors (Lipinski definition) is 2. The third-order valence-corrected chi connectivity index (χ3v) is 6.14. The molecule has 1 aliphatic rings. The summed E-state index contributed by atoms with van der Waals surface area (Å²) in [6.07, 6.45) is 7.90. The van der Waals surface area contributed by atoms with Crippen LogP contribution >= 0.6 is 0 Å².